The minimum atomic E-state index is -0.311. The normalized spacial score (nSPS) is 26.7. The number of nitrogens with one attached hydrogen (secondary N) is 2. The summed E-state index contributed by atoms with van der Waals surface area (Å²) >= 11 is 0. The molecule has 21 heavy (non-hydrogen) atoms. The Hall–Kier alpha value is -1.43. The third-order valence-electron chi connectivity index (χ3n) is 4.10. The Kier molecular flexibility index (Phi) is 4.53. The number of amides is 1. The van der Waals surface area contributed by atoms with Gasteiger partial charge in [-0.15, -0.1) is 0 Å². The molecule has 0 spiro atoms. The van der Waals surface area contributed by atoms with Crippen molar-refractivity contribution in [2.75, 3.05) is 25.1 Å². The van der Waals surface area contributed by atoms with E-state index in [0.717, 1.165) is 30.6 Å². The van der Waals surface area contributed by atoms with Crippen LogP contribution in [0.25, 0.3) is 0 Å². The molecule has 114 valence electrons. The van der Waals surface area contributed by atoms with E-state index >= 15 is 0 Å². The molecule has 2 saturated heterocycles. The summed E-state index contributed by atoms with van der Waals surface area (Å²) < 4.78 is 11.0. The lowest BCUT2D eigenvalue weighted by atomic mass is 9.92. The molecule has 2 fully saturated rings. The Labute approximate surface area is 125 Å². The number of benzene rings is 1. The maximum absolute atomic E-state index is 12.4. The van der Waals surface area contributed by atoms with Crippen LogP contribution in [0.4, 0.5) is 5.69 Å². The van der Waals surface area contributed by atoms with Crippen LogP contribution >= 0.6 is 0 Å². The third-order valence-corrected chi connectivity index (χ3v) is 4.10. The fraction of sp³-hybridized carbons (Fsp3) is 0.562. The van der Waals surface area contributed by atoms with Crippen LogP contribution in [0.3, 0.4) is 0 Å². The number of carbonyl (C=O) groups excluding carboxylic acids is 1. The van der Waals surface area contributed by atoms with Crippen molar-refractivity contribution in [2.24, 2.45) is 5.92 Å². The summed E-state index contributed by atoms with van der Waals surface area (Å²) in [6.07, 6.45) is 1.92. The molecule has 5 nitrogen and oxygen atoms in total. The van der Waals surface area contributed by atoms with Crippen LogP contribution in [-0.2, 0) is 14.3 Å². The van der Waals surface area contributed by atoms with Crippen LogP contribution in [0.5, 0.6) is 0 Å². The second-order valence-electron chi connectivity index (χ2n) is 5.74. The Morgan fingerprint density at radius 1 is 1.33 bits per heavy atom. The van der Waals surface area contributed by atoms with Crippen LogP contribution in [0.2, 0.25) is 0 Å². The summed E-state index contributed by atoms with van der Waals surface area (Å²) in [5.74, 6) is 0.399. The molecule has 2 aliphatic rings. The van der Waals surface area contributed by atoms with E-state index < -0.39 is 0 Å². The highest BCUT2D eigenvalue weighted by atomic mass is 16.7. The van der Waals surface area contributed by atoms with E-state index in [2.05, 4.69) is 17.6 Å². The minimum Gasteiger partial charge on any atom is -0.346 e. The van der Waals surface area contributed by atoms with Crippen molar-refractivity contribution < 1.29 is 14.3 Å². The van der Waals surface area contributed by atoms with Gasteiger partial charge in [0.1, 0.15) is 0 Å². The number of hydrogen-bond donors (Lipinski definition) is 2. The van der Waals surface area contributed by atoms with Gasteiger partial charge in [0.2, 0.25) is 5.91 Å². The largest absolute Gasteiger partial charge is 0.346 e. The van der Waals surface area contributed by atoms with E-state index in [4.69, 9.17) is 9.47 Å². The fourth-order valence-electron chi connectivity index (χ4n) is 2.93. The van der Waals surface area contributed by atoms with E-state index in [9.17, 15) is 4.79 Å². The van der Waals surface area contributed by atoms with E-state index in [0.29, 0.717) is 19.1 Å². The van der Waals surface area contributed by atoms with Crippen LogP contribution in [0.15, 0.2) is 24.3 Å². The number of hydrogen-bond acceptors (Lipinski definition) is 4. The highest BCUT2D eigenvalue weighted by molar-refractivity contribution is 5.95. The van der Waals surface area contributed by atoms with Crippen molar-refractivity contribution in [3.05, 3.63) is 29.8 Å². The van der Waals surface area contributed by atoms with Gasteiger partial charge < -0.3 is 20.1 Å². The molecule has 2 atom stereocenters. The average molecular weight is 290 g/mol. The molecule has 2 aliphatic heterocycles. The summed E-state index contributed by atoms with van der Waals surface area (Å²) in [5.41, 5.74) is 1.73. The van der Waals surface area contributed by atoms with Crippen LogP contribution in [-0.4, -0.2) is 31.7 Å². The second kappa shape index (κ2) is 6.56. The number of piperidine rings is 1. The van der Waals surface area contributed by atoms with E-state index in [-0.39, 0.29) is 18.2 Å². The third kappa shape index (κ3) is 3.43. The lowest BCUT2D eigenvalue weighted by Crippen LogP contribution is -2.48. The highest BCUT2D eigenvalue weighted by Gasteiger charge is 2.27. The number of carbonyl (C=O) groups is 1. The quantitative estimate of drug-likeness (QED) is 0.894. The van der Waals surface area contributed by atoms with Crippen molar-refractivity contribution in [1.29, 1.82) is 0 Å². The zero-order valence-electron chi connectivity index (χ0n) is 12.3. The molecule has 5 heteroatoms. The standard InChI is InChI=1S/C16H22N2O3/c1-11-4-3-7-17-14(11)15(19)18-13-6-2-5-12(10-13)16-20-8-9-21-16/h2,5-6,10-11,14,16-17H,3-4,7-9H2,1H3,(H,18,19). The van der Waals surface area contributed by atoms with Crippen LogP contribution < -0.4 is 10.6 Å². The number of rotatable bonds is 3. The topological polar surface area (TPSA) is 59.6 Å². The Morgan fingerprint density at radius 2 is 2.14 bits per heavy atom. The summed E-state index contributed by atoms with van der Waals surface area (Å²) in [4.78, 5) is 12.4. The molecule has 3 rings (SSSR count). The minimum absolute atomic E-state index is 0.0348. The maximum Gasteiger partial charge on any atom is 0.241 e. The van der Waals surface area contributed by atoms with Gasteiger partial charge in [0.15, 0.2) is 6.29 Å². The molecular weight excluding hydrogens is 268 g/mol. The average Bonchev–Trinajstić information content (AvgIpc) is 3.02. The van der Waals surface area contributed by atoms with Crippen molar-refractivity contribution in [2.45, 2.75) is 32.1 Å². The second-order valence-corrected chi connectivity index (χ2v) is 5.74. The molecule has 2 heterocycles. The molecule has 0 saturated carbocycles. The Bertz CT molecular complexity index is 500. The smallest absolute Gasteiger partial charge is 0.241 e. The number of ether oxygens (including phenoxy) is 2. The summed E-state index contributed by atoms with van der Waals surface area (Å²) in [6, 6.07) is 7.56. The van der Waals surface area contributed by atoms with Crippen LogP contribution in [0, 0.1) is 5.92 Å². The lowest BCUT2D eigenvalue weighted by molar-refractivity contribution is -0.119. The van der Waals surface area contributed by atoms with Crippen molar-refractivity contribution in [3.63, 3.8) is 0 Å². The molecule has 1 aromatic carbocycles. The summed E-state index contributed by atoms with van der Waals surface area (Å²) in [7, 11) is 0. The van der Waals surface area contributed by atoms with Crippen molar-refractivity contribution in [3.8, 4) is 0 Å². The van der Waals surface area contributed by atoms with Gasteiger partial charge >= 0.3 is 0 Å². The van der Waals surface area contributed by atoms with Crippen LogP contribution in [0.1, 0.15) is 31.6 Å². The van der Waals surface area contributed by atoms with Crippen molar-refractivity contribution >= 4 is 11.6 Å². The van der Waals surface area contributed by atoms with Gasteiger partial charge in [0, 0.05) is 11.3 Å². The van der Waals surface area contributed by atoms with E-state index in [1.165, 1.54) is 0 Å². The predicted octanol–water partition coefficient (Wildman–Crippen LogP) is 2.06. The lowest BCUT2D eigenvalue weighted by Gasteiger charge is -2.29. The fourth-order valence-corrected chi connectivity index (χ4v) is 2.93. The first kappa shape index (κ1) is 14.5. The predicted molar refractivity (Wildman–Crippen MR) is 79.9 cm³/mol. The summed E-state index contributed by atoms with van der Waals surface area (Å²) in [6.45, 7) is 4.26. The first-order valence-corrected chi connectivity index (χ1v) is 7.61. The first-order valence-electron chi connectivity index (χ1n) is 7.61. The van der Waals surface area contributed by atoms with Gasteiger partial charge in [0.05, 0.1) is 19.3 Å². The molecule has 0 radical (unpaired) electrons. The highest BCUT2D eigenvalue weighted by Crippen LogP contribution is 2.25. The van der Waals surface area contributed by atoms with Gasteiger partial charge in [-0.2, -0.15) is 0 Å². The molecule has 0 aromatic heterocycles. The maximum atomic E-state index is 12.4. The van der Waals surface area contributed by atoms with Gasteiger partial charge in [-0.05, 0) is 37.4 Å². The number of anilines is 1. The molecular formula is C16H22N2O3. The van der Waals surface area contributed by atoms with E-state index in [1.54, 1.807) is 0 Å². The monoisotopic (exact) mass is 290 g/mol. The molecule has 2 unspecified atom stereocenters. The SMILES string of the molecule is CC1CCCNC1C(=O)Nc1cccc(C2OCCO2)c1. The zero-order valence-corrected chi connectivity index (χ0v) is 12.3. The van der Waals surface area contributed by atoms with E-state index in [1.807, 2.05) is 24.3 Å². The molecule has 2 N–H and O–H groups in total. The van der Waals surface area contributed by atoms with Gasteiger partial charge in [0.25, 0.3) is 0 Å². The van der Waals surface area contributed by atoms with Gasteiger partial charge in [-0.1, -0.05) is 19.1 Å². The Balaban J connectivity index is 1.66. The molecule has 0 bridgehead atoms. The molecule has 0 aliphatic carbocycles. The van der Waals surface area contributed by atoms with Crippen molar-refractivity contribution in [1.82, 2.24) is 5.32 Å². The Morgan fingerprint density at radius 3 is 2.90 bits per heavy atom. The van der Waals surface area contributed by atoms with Gasteiger partial charge in [-0.25, -0.2) is 0 Å². The van der Waals surface area contributed by atoms with Gasteiger partial charge in [-0.3, -0.25) is 4.79 Å². The molecule has 1 amide bonds. The summed E-state index contributed by atoms with van der Waals surface area (Å²) in [5, 5.41) is 6.29. The zero-order chi connectivity index (χ0) is 14.7. The first-order chi connectivity index (χ1) is 10.2. The molecule has 1 aromatic rings.